The summed E-state index contributed by atoms with van der Waals surface area (Å²) >= 11 is 8.83. The number of likely N-dealkylation sites (N-methyl/N-ethyl adjacent to an activating group) is 1. The number of hydrogen-bond donors (Lipinski definition) is 0. The van der Waals surface area contributed by atoms with Crippen molar-refractivity contribution in [2.24, 2.45) is 0 Å². The van der Waals surface area contributed by atoms with Gasteiger partial charge in [-0.1, -0.05) is 17.7 Å². The summed E-state index contributed by atoms with van der Waals surface area (Å²) in [4.78, 5) is 30.4. The summed E-state index contributed by atoms with van der Waals surface area (Å²) in [6.07, 6.45) is 1.59. The molecule has 0 N–H and O–H groups in total. The van der Waals surface area contributed by atoms with Gasteiger partial charge in [-0.3, -0.25) is 9.59 Å². The standard InChI is InChI=1S/C16H17ClN2O2S2/c1-18(10-11-6-7-14(17)23-11)15(20)12-4-2-8-19(12)16(21)13-5-3-9-22-13/h3,5-7,9,12H,2,4,8,10H2,1H3. The van der Waals surface area contributed by atoms with Gasteiger partial charge in [0.1, 0.15) is 6.04 Å². The number of nitrogens with zero attached hydrogens (tertiary/aromatic N) is 2. The molecule has 4 nitrogen and oxygen atoms in total. The van der Waals surface area contributed by atoms with Crippen LogP contribution in [-0.4, -0.2) is 41.2 Å². The summed E-state index contributed by atoms with van der Waals surface area (Å²) in [5.74, 6) is -0.0413. The SMILES string of the molecule is CN(Cc1ccc(Cl)s1)C(=O)C1CCCN1C(=O)c1cccs1. The molecule has 0 bridgehead atoms. The highest BCUT2D eigenvalue weighted by Gasteiger charge is 2.36. The number of halogens is 1. The zero-order valence-electron chi connectivity index (χ0n) is 12.7. The zero-order valence-corrected chi connectivity index (χ0v) is 15.1. The van der Waals surface area contributed by atoms with Gasteiger partial charge in [0.25, 0.3) is 5.91 Å². The molecule has 0 saturated carbocycles. The van der Waals surface area contributed by atoms with Crippen molar-refractivity contribution in [1.82, 2.24) is 9.80 Å². The summed E-state index contributed by atoms with van der Waals surface area (Å²) in [7, 11) is 1.78. The van der Waals surface area contributed by atoms with E-state index in [0.717, 1.165) is 22.1 Å². The van der Waals surface area contributed by atoms with Crippen molar-refractivity contribution >= 4 is 46.1 Å². The summed E-state index contributed by atoms with van der Waals surface area (Å²) in [6, 6.07) is 7.08. The number of rotatable bonds is 4. The lowest BCUT2D eigenvalue weighted by molar-refractivity contribution is -0.134. The van der Waals surface area contributed by atoms with Gasteiger partial charge in [-0.25, -0.2) is 0 Å². The van der Waals surface area contributed by atoms with Crippen molar-refractivity contribution in [2.75, 3.05) is 13.6 Å². The molecule has 0 aliphatic carbocycles. The molecule has 3 heterocycles. The van der Waals surface area contributed by atoms with Crippen LogP contribution >= 0.6 is 34.3 Å². The fourth-order valence-electron chi connectivity index (χ4n) is 2.81. The molecule has 2 amide bonds. The van der Waals surface area contributed by atoms with Crippen LogP contribution < -0.4 is 0 Å². The maximum Gasteiger partial charge on any atom is 0.264 e. The van der Waals surface area contributed by atoms with Gasteiger partial charge >= 0.3 is 0 Å². The molecule has 3 rings (SSSR count). The first-order valence-corrected chi connectivity index (χ1v) is 9.47. The molecule has 2 aromatic rings. The third kappa shape index (κ3) is 3.59. The Hall–Kier alpha value is -1.37. The summed E-state index contributed by atoms with van der Waals surface area (Å²) < 4.78 is 0.719. The lowest BCUT2D eigenvalue weighted by atomic mass is 10.2. The van der Waals surface area contributed by atoms with E-state index in [1.54, 1.807) is 16.8 Å². The average molecular weight is 369 g/mol. The highest BCUT2D eigenvalue weighted by molar-refractivity contribution is 7.16. The summed E-state index contributed by atoms with van der Waals surface area (Å²) in [5, 5.41) is 1.88. The van der Waals surface area contributed by atoms with Crippen LogP contribution in [0, 0.1) is 0 Å². The van der Waals surface area contributed by atoms with E-state index in [1.165, 1.54) is 22.7 Å². The van der Waals surface area contributed by atoms with Crippen molar-refractivity contribution in [3.63, 3.8) is 0 Å². The Morgan fingerprint density at radius 2 is 2.22 bits per heavy atom. The third-order valence-electron chi connectivity index (χ3n) is 3.93. The summed E-state index contributed by atoms with van der Waals surface area (Å²) in [6.45, 7) is 1.17. The Morgan fingerprint density at radius 1 is 1.39 bits per heavy atom. The average Bonchev–Trinajstić information content (AvgIpc) is 3.27. The molecular formula is C16H17ClN2O2S2. The quantitative estimate of drug-likeness (QED) is 0.825. The molecule has 122 valence electrons. The molecule has 1 fully saturated rings. The highest BCUT2D eigenvalue weighted by Crippen LogP contribution is 2.26. The second-order valence-electron chi connectivity index (χ2n) is 5.53. The fourth-order valence-corrected chi connectivity index (χ4v) is 4.63. The van der Waals surface area contributed by atoms with E-state index in [-0.39, 0.29) is 17.9 Å². The largest absolute Gasteiger partial charge is 0.339 e. The monoisotopic (exact) mass is 368 g/mol. The topological polar surface area (TPSA) is 40.6 Å². The van der Waals surface area contributed by atoms with Gasteiger partial charge in [-0.05, 0) is 36.4 Å². The Labute approximate surface area is 148 Å². The minimum Gasteiger partial charge on any atom is -0.339 e. The van der Waals surface area contributed by atoms with Gasteiger partial charge < -0.3 is 9.80 Å². The number of likely N-dealkylation sites (tertiary alicyclic amines) is 1. The molecule has 0 aromatic carbocycles. The molecule has 1 saturated heterocycles. The van der Waals surface area contributed by atoms with Crippen LogP contribution in [0.3, 0.4) is 0 Å². The van der Waals surface area contributed by atoms with Crippen molar-refractivity contribution < 1.29 is 9.59 Å². The number of hydrogen-bond acceptors (Lipinski definition) is 4. The second kappa shape index (κ2) is 7.03. The van der Waals surface area contributed by atoms with Gasteiger partial charge in [-0.15, -0.1) is 22.7 Å². The van der Waals surface area contributed by atoms with Crippen LogP contribution in [0.1, 0.15) is 27.4 Å². The first kappa shape index (κ1) is 16.5. The van der Waals surface area contributed by atoms with Gasteiger partial charge in [0.2, 0.25) is 5.91 Å². The molecule has 1 aliphatic heterocycles. The van der Waals surface area contributed by atoms with Crippen LogP contribution in [0.15, 0.2) is 29.6 Å². The van der Waals surface area contributed by atoms with Crippen molar-refractivity contribution in [3.8, 4) is 0 Å². The van der Waals surface area contributed by atoms with Crippen molar-refractivity contribution in [1.29, 1.82) is 0 Å². The maximum atomic E-state index is 12.7. The lowest BCUT2D eigenvalue weighted by Crippen LogP contribution is -2.46. The number of carbonyl (C=O) groups is 2. The Bertz CT molecular complexity index is 699. The number of carbonyl (C=O) groups excluding carboxylic acids is 2. The van der Waals surface area contributed by atoms with Gasteiger partial charge in [0.15, 0.2) is 0 Å². The minimum absolute atomic E-state index is 0.00284. The van der Waals surface area contributed by atoms with Crippen LogP contribution in [0.2, 0.25) is 4.34 Å². The predicted molar refractivity (Wildman–Crippen MR) is 94.2 cm³/mol. The lowest BCUT2D eigenvalue weighted by Gasteiger charge is -2.27. The first-order valence-electron chi connectivity index (χ1n) is 7.40. The van der Waals surface area contributed by atoms with Crippen LogP contribution in [0.5, 0.6) is 0 Å². The van der Waals surface area contributed by atoms with Crippen molar-refractivity contribution in [2.45, 2.75) is 25.4 Å². The van der Waals surface area contributed by atoms with Gasteiger partial charge in [0.05, 0.1) is 15.8 Å². The minimum atomic E-state index is -0.356. The van der Waals surface area contributed by atoms with E-state index in [2.05, 4.69) is 0 Å². The Kier molecular flexibility index (Phi) is 5.04. The summed E-state index contributed by atoms with van der Waals surface area (Å²) in [5.41, 5.74) is 0. The van der Waals surface area contributed by atoms with Gasteiger partial charge in [-0.2, -0.15) is 0 Å². The molecule has 1 aliphatic rings. The van der Waals surface area contributed by atoms with E-state index >= 15 is 0 Å². The second-order valence-corrected chi connectivity index (χ2v) is 8.28. The van der Waals surface area contributed by atoms with E-state index in [1.807, 2.05) is 29.6 Å². The van der Waals surface area contributed by atoms with Crippen LogP contribution in [0.25, 0.3) is 0 Å². The van der Waals surface area contributed by atoms with Crippen molar-refractivity contribution in [3.05, 3.63) is 43.7 Å². The molecule has 1 unspecified atom stereocenters. The molecular weight excluding hydrogens is 352 g/mol. The van der Waals surface area contributed by atoms with E-state index < -0.39 is 0 Å². The van der Waals surface area contributed by atoms with Gasteiger partial charge in [0, 0.05) is 18.5 Å². The highest BCUT2D eigenvalue weighted by atomic mass is 35.5. The van der Waals surface area contributed by atoms with Crippen LogP contribution in [-0.2, 0) is 11.3 Å². The third-order valence-corrected chi connectivity index (χ3v) is 6.00. The van der Waals surface area contributed by atoms with E-state index in [4.69, 9.17) is 11.6 Å². The van der Waals surface area contributed by atoms with E-state index in [0.29, 0.717) is 18.0 Å². The van der Waals surface area contributed by atoms with E-state index in [9.17, 15) is 9.59 Å². The Balaban J connectivity index is 1.69. The Morgan fingerprint density at radius 3 is 2.87 bits per heavy atom. The zero-order chi connectivity index (χ0) is 16.4. The molecule has 2 aromatic heterocycles. The number of thiophene rings is 2. The normalized spacial score (nSPS) is 17.5. The molecule has 0 radical (unpaired) electrons. The fraction of sp³-hybridized carbons (Fsp3) is 0.375. The maximum absolute atomic E-state index is 12.7. The predicted octanol–water partition coefficient (Wildman–Crippen LogP) is 3.73. The number of amides is 2. The molecule has 7 heteroatoms. The molecule has 1 atom stereocenters. The molecule has 0 spiro atoms. The smallest absolute Gasteiger partial charge is 0.264 e. The first-order chi connectivity index (χ1) is 11.1. The molecule has 23 heavy (non-hydrogen) atoms. The van der Waals surface area contributed by atoms with Crippen LogP contribution in [0.4, 0.5) is 0 Å².